The van der Waals surface area contributed by atoms with Gasteiger partial charge in [0.05, 0.1) is 16.2 Å². The zero-order valence-corrected chi connectivity index (χ0v) is 15.4. The number of amides is 1. The first-order chi connectivity index (χ1) is 12.1. The molecule has 2 aromatic rings. The Morgan fingerprint density at radius 1 is 1.15 bits per heavy atom. The first kappa shape index (κ1) is 19.5. The zero-order chi connectivity index (χ0) is 19.5. The van der Waals surface area contributed by atoms with Gasteiger partial charge in [0.15, 0.2) is 0 Å². The molecule has 0 aliphatic heterocycles. The average Bonchev–Trinajstić information content (AvgIpc) is 2.56. The molecule has 0 heterocycles. The molecule has 1 N–H and O–H groups in total. The zero-order valence-electron chi connectivity index (χ0n) is 14.6. The Morgan fingerprint density at radius 3 is 2.31 bits per heavy atom. The Morgan fingerprint density at radius 2 is 1.77 bits per heavy atom. The minimum Gasteiger partial charge on any atom is -0.326 e. The molecule has 1 amide bonds. The number of carbonyl (C=O) groups excluding carboxylic acids is 1. The predicted molar refractivity (Wildman–Crippen MR) is 97.5 cm³/mol. The average molecular weight is 377 g/mol. The summed E-state index contributed by atoms with van der Waals surface area (Å²) in [5.74, 6) is -0.351. The molecule has 0 aliphatic carbocycles. The Kier molecular flexibility index (Phi) is 5.73. The second-order valence-corrected chi connectivity index (χ2v) is 8.04. The molecular formula is C17H19N3O5S. The van der Waals surface area contributed by atoms with Gasteiger partial charge in [0.1, 0.15) is 0 Å². The van der Waals surface area contributed by atoms with Crippen molar-refractivity contribution < 1.29 is 18.1 Å². The number of non-ortho nitro benzene ring substituents is 1. The van der Waals surface area contributed by atoms with Crippen LogP contribution in [-0.2, 0) is 21.2 Å². The second-order valence-electron chi connectivity index (χ2n) is 5.92. The molecule has 0 saturated heterocycles. The highest BCUT2D eigenvalue weighted by Gasteiger charge is 2.20. The molecule has 0 fully saturated rings. The van der Waals surface area contributed by atoms with Crippen LogP contribution in [0.4, 0.5) is 11.4 Å². The van der Waals surface area contributed by atoms with Crippen molar-refractivity contribution in [2.75, 3.05) is 19.4 Å². The van der Waals surface area contributed by atoms with Gasteiger partial charge in [-0.05, 0) is 30.2 Å². The maximum Gasteiger partial charge on any atom is 0.269 e. The highest BCUT2D eigenvalue weighted by Crippen LogP contribution is 2.22. The minimum absolute atomic E-state index is 0.0155. The molecule has 8 nitrogen and oxygen atoms in total. The normalized spacial score (nSPS) is 11.4. The maximum atomic E-state index is 12.3. The van der Waals surface area contributed by atoms with E-state index in [4.69, 9.17) is 0 Å². The summed E-state index contributed by atoms with van der Waals surface area (Å²) in [5.41, 5.74) is 1.50. The Labute approximate surface area is 151 Å². The van der Waals surface area contributed by atoms with Gasteiger partial charge in [-0.15, -0.1) is 0 Å². The Balaban J connectivity index is 2.15. The van der Waals surface area contributed by atoms with Crippen molar-refractivity contribution in [3.05, 3.63) is 63.7 Å². The van der Waals surface area contributed by atoms with Crippen LogP contribution < -0.4 is 5.32 Å². The van der Waals surface area contributed by atoms with Crippen molar-refractivity contribution in [1.82, 2.24) is 4.31 Å². The van der Waals surface area contributed by atoms with Crippen LogP contribution in [-0.4, -0.2) is 37.6 Å². The van der Waals surface area contributed by atoms with Crippen molar-refractivity contribution >= 4 is 27.3 Å². The van der Waals surface area contributed by atoms with E-state index < -0.39 is 14.9 Å². The fraction of sp³-hybridized carbons (Fsp3) is 0.235. The number of anilines is 1. The number of hydrogen-bond acceptors (Lipinski definition) is 5. The fourth-order valence-corrected chi connectivity index (χ4v) is 3.42. The fourth-order valence-electron chi connectivity index (χ4n) is 2.28. The van der Waals surface area contributed by atoms with Gasteiger partial charge in [-0.25, -0.2) is 12.7 Å². The number of sulfonamides is 1. The number of nitro benzene ring substituents is 1. The molecule has 0 aliphatic rings. The van der Waals surface area contributed by atoms with Crippen LogP contribution in [0.2, 0.25) is 0 Å². The molecule has 2 rings (SSSR count). The van der Waals surface area contributed by atoms with Gasteiger partial charge in [-0.1, -0.05) is 18.2 Å². The van der Waals surface area contributed by atoms with Crippen LogP contribution in [0.1, 0.15) is 11.1 Å². The van der Waals surface area contributed by atoms with Crippen LogP contribution >= 0.6 is 0 Å². The van der Waals surface area contributed by atoms with Crippen LogP contribution in [0.15, 0.2) is 47.4 Å². The number of benzene rings is 2. The lowest BCUT2D eigenvalue weighted by Crippen LogP contribution is -2.23. The molecule has 0 atom stereocenters. The second kappa shape index (κ2) is 7.63. The van der Waals surface area contributed by atoms with Crippen molar-refractivity contribution in [3.63, 3.8) is 0 Å². The van der Waals surface area contributed by atoms with E-state index in [9.17, 15) is 23.3 Å². The van der Waals surface area contributed by atoms with E-state index in [1.807, 2.05) is 0 Å². The molecule has 138 valence electrons. The van der Waals surface area contributed by atoms with E-state index >= 15 is 0 Å². The number of rotatable bonds is 6. The quantitative estimate of drug-likeness (QED) is 0.614. The molecule has 0 radical (unpaired) electrons. The third-order valence-electron chi connectivity index (χ3n) is 3.74. The molecule has 0 unspecified atom stereocenters. The monoisotopic (exact) mass is 377 g/mol. The van der Waals surface area contributed by atoms with E-state index in [1.165, 1.54) is 44.4 Å². The summed E-state index contributed by atoms with van der Waals surface area (Å²) in [6.07, 6.45) is 0.0155. The summed E-state index contributed by atoms with van der Waals surface area (Å²) >= 11 is 0. The summed E-state index contributed by atoms with van der Waals surface area (Å²) in [6, 6.07) is 10.3. The van der Waals surface area contributed by atoms with Crippen LogP contribution in [0.3, 0.4) is 0 Å². The van der Waals surface area contributed by atoms with Gasteiger partial charge in [0.25, 0.3) is 5.69 Å². The minimum atomic E-state index is -3.62. The first-order valence-corrected chi connectivity index (χ1v) is 9.11. The Hall–Kier alpha value is -2.78. The maximum absolute atomic E-state index is 12.3. The van der Waals surface area contributed by atoms with Crippen molar-refractivity contribution in [2.45, 2.75) is 18.2 Å². The molecule has 0 aromatic heterocycles. The van der Waals surface area contributed by atoms with Gasteiger partial charge in [0.2, 0.25) is 15.9 Å². The third kappa shape index (κ3) is 4.44. The van der Waals surface area contributed by atoms with Crippen molar-refractivity contribution in [1.29, 1.82) is 0 Å². The number of carbonyl (C=O) groups is 1. The standard InChI is InChI=1S/C17H19N3O5S/c1-12-4-7-14(11-16(12)26(24,25)19(2)3)18-17(21)10-13-5-8-15(9-6-13)20(22)23/h4-9,11H,10H2,1-3H3,(H,18,21). The SMILES string of the molecule is Cc1ccc(NC(=O)Cc2ccc([N+](=O)[O-])cc2)cc1S(=O)(=O)N(C)C. The van der Waals surface area contributed by atoms with Gasteiger partial charge < -0.3 is 5.32 Å². The topological polar surface area (TPSA) is 110 Å². The van der Waals surface area contributed by atoms with Crippen LogP contribution in [0, 0.1) is 17.0 Å². The molecule has 9 heteroatoms. The molecule has 0 bridgehead atoms. The number of hydrogen-bond donors (Lipinski definition) is 1. The molecule has 0 spiro atoms. The number of nitrogens with zero attached hydrogens (tertiary/aromatic N) is 2. The lowest BCUT2D eigenvalue weighted by Gasteiger charge is -2.15. The van der Waals surface area contributed by atoms with Crippen LogP contribution in [0.5, 0.6) is 0 Å². The van der Waals surface area contributed by atoms with Gasteiger partial charge in [-0.2, -0.15) is 0 Å². The first-order valence-electron chi connectivity index (χ1n) is 7.67. The van der Waals surface area contributed by atoms with Gasteiger partial charge in [-0.3, -0.25) is 14.9 Å². The summed E-state index contributed by atoms with van der Waals surface area (Å²) in [6.45, 7) is 1.68. The lowest BCUT2D eigenvalue weighted by atomic mass is 10.1. The van der Waals surface area contributed by atoms with Gasteiger partial charge in [0, 0.05) is 31.9 Å². The highest BCUT2D eigenvalue weighted by molar-refractivity contribution is 7.89. The molecular weight excluding hydrogens is 358 g/mol. The number of aryl methyl sites for hydroxylation is 1. The van der Waals surface area contributed by atoms with E-state index in [0.717, 1.165) is 4.31 Å². The van der Waals surface area contributed by atoms with E-state index in [0.29, 0.717) is 16.8 Å². The summed E-state index contributed by atoms with van der Waals surface area (Å²) < 4.78 is 25.8. The summed E-state index contributed by atoms with van der Waals surface area (Å²) in [5, 5.41) is 13.3. The largest absolute Gasteiger partial charge is 0.326 e. The summed E-state index contributed by atoms with van der Waals surface area (Å²) in [4.78, 5) is 22.4. The number of nitrogens with one attached hydrogen (secondary N) is 1. The highest BCUT2D eigenvalue weighted by atomic mass is 32.2. The van der Waals surface area contributed by atoms with E-state index in [-0.39, 0.29) is 22.9 Å². The lowest BCUT2D eigenvalue weighted by molar-refractivity contribution is -0.384. The smallest absolute Gasteiger partial charge is 0.269 e. The molecule has 0 saturated carbocycles. The third-order valence-corrected chi connectivity index (χ3v) is 5.70. The molecule has 2 aromatic carbocycles. The van der Waals surface area contributed by atoms with E-state index in [1.54, 1.807) is 19.1 Å². The summed E-state index contributed by atoms with van der Waals surface area (Å²) in [7, 11) is -0.741. The van der Waals surface area contributed by atoms with Gasteiger partial charge >= 0.3 is 0 Å². The predicted octanol–water partition coefficient (Wildman–Crippen LogP) is 2.33. The number of nitro groups is 1. The Bertz CT molecular complexity index is 937. The van der Waals surface area contributed by atoms with Crippen molar-refractivity contribution in [2.24, 2.45) is 0 Å². The van der Waals surface area contributed by atoms with Crippen LogP contribution in [0.25, 0.3) is 0 Å². The van der Waals surface area contributed by atoms with E-state index in [2.05, 4.69) is 5.32 Å². The molecule has 26 heavy (non-hydrogen) atoms. The van der Waals surface area contributed by atoms with Crippen molar-refractivity contribution in [3.8, 4) is 0 Å².